The van der Waals surface area contributed by atoms with E-state index in [-0.39, 0.29) is 0 Å². The Labute approximate surface area is 327 Å². The minimum absolute atomic E-state index is 0.327. The van der Waals surface area contributed by atoms with E-state index in [9.17, 15) is 18.3 Å². The predicted octanol–water partition coefficient (Wildman–Crippen LogP) is 11.2. The zero-order chi connectivity index (χ0) is 39.2. The van der Waals surface area contributed by atoms with Gasteiger partial charge in [-0.2, -0.15) is 18.2 Å². The molecule has 3 heterocycles. The van der Waals surface area contributed by atoms with E-state index in [2.05, 4.69) is 30.9 Å². The van der Waals surface area contributed by atoms with Crippen LogP contribution in [0.15, 0.2) is 128 Å². The van der Waals surface area contributed by atoms with Crippen molar-refractivity contribution in [3.63, 3.8) is 0 Å². The van der Waals surface area contributed by atoms with Crippen molar-refractivity contribution in [1.82, 2.24) is 14.9 Å². The van der Waals surface area contributed by atoms with Crippen LogP contribution in [0.5, 0.6) is 11.8 Å². The number of nitrogens with zero attached hydrogens (tertiary/aromatic N) is 3. The average molecular weight is 760 g/mol. The van der Waals surface area contributed by atoms with Crippen molar-refractivity contribution in [1.29, 1.82) is 0 Å². The molecule has 1 fully saturated rings. The van der Waals surface area contributed by atoms with Gasteiger partial charge in [-0.3, -0.25) is 9.88 Å². The van der Waals surface area contributed by atoms with E-state index in [1.54, 1.807) is 12.1 Å². The maximum atomic E-state index is 13.2. The summed E-state index contributed by atoms with van der Waals surface area (Å²) in [5.41, 5.74) is 3.90. The molecule has 6 aromatic rings. The molecule has 0 radical (unpaired) electrons. The monoisotopic (exact) mass is 759 g/mol. The Bertz CT molecular complexity index is 2210. The molecule has 0 aliphatic carbocycles. The quantitative estimate of drug-likeness (QED) is 0.119. The summed E-state index contributed by atoms with van der Waals surface area (Å²) in [5, 5.41) is 13.8. The third-order valence-electron chi connectivity index (χ3n) is 11.1. The number of fused-ring (bicyclic) bond motifs is 1. The van der Waals surface area contributed by atoms with E-state index < -0.39 is 22.8 Å². The first-order valence-electron chi connectivity index (χ1n) is 19.5. The molecule has 1 unspecified atom stereocenters. The third-order valence-corrected chi connectivity index (χ3v) is 11.1. The Balaban J connectivity index is 1.19. The molecule has 0 amide bonds. The number of hydrogen-bond donors (Lipinski definition) is 1. The summed E-state index contributed by atoms with van der Waals surface area (Å²) in [6, 6.07) is 37.3. The molecule has 290 valence electrons. The van der Waals surface area contributed by atoms with E-state index in [1.165, 1.54) is 0 Å². The van der Waals surface area contributed by atoms with Gasteiger partial charge in [-0.25, -0.2) is 0 Å². The minimum Gasteiger partial charge on any atom is -0.473 e. The fourth-order valence-electron chi connectivity index (χ4n) is 8.35. The summed E-state index contributed by atoms with van der Waals surface area (Å²) in [5.74, 6) is 0.882. The lowest BCUT2D eigenvalue weighted by Gasteiger charge is -2.54. The van der Waals surface area contributed by atoms with Gasteiger partial charge in [-0.15, -0.1) is 0 Å². The molecule has 1 aliphatic heterocycles. The largest absolute Gasteiger partial charge is 0.473 e. The number of ether oxygens (including phenoxy) is 2. The van der Waals surface area contributed by atoms with Gasteiger partial charge in [0.05, 0.1) is 16.7 Å². The van der Waals surface area contributed by atoms with Crippen LogP contribution in [0.1, 0.15) is 73.8 Å². The summed E-state index contributed by atoms with van der Waals surface area (Å²) < 4.78 is 52.2. The van der Waals surface area contributed by atoms with Crippen molar-refractivity contribution in [2.24, 2.45) is 5.41 Å². The highest BCUT2D eigenvalue weighted by Crippen LogP contribution is 2.53. The number of halogens is 3. The smallest absolute Gasteiger partial charge is 0.416 e. The molecule has 1 N–H and O–H groups in total. The van der Waals surface area contributed by atoms with Gasteiger partial charge < -0.3 is 14.6 Å². The zero-order valence-corrected chi connectivity index (χ0v) is 31.9. The van der Waals surface area contributed by atoms with E-state index in [0.29, 0.717) is 51.0 Å². The third kappa shape index (κ3) is 8.59. The number of rotatable bonds is 14. The molecular weight excluding hydrogens is 712 g/mol. The number of piperidine rings is 1. The van der Waals surface area contributed by atoms with Crippen LogP contribution in [-0.2, 0) is 31.5 Å². The summed E-state index contributed by atoms with van der Waals surface area (Å²) in [6.45, 7) is 6.75. The van der Waals surface area contributed by atoms with Gasteiger partial charge in [0.1, 0.15) is 13.2 Å². The topological polar surface area (TPSA) is 67.7 Å². The van der Waals surface area contributed by atoms with Gasteiger partial charge >= 0.3 is 6.18 Å². The van der Waals surface area contributed by atoms with Crippen LogP contribution >= 0.6 is 0 Å². The number of alkyl halides is 3. The number of likely N-dealkylation sites (tertiary alicyclic amines) is 1. The molecule has 7 rings (SSSR count). The highest BCUT2D eigenvalue weighted by Gasteiger charge is 2.53. The SMILES string of the molecule is CCCC1(CCC)CN(Cc2ccc(C(F)(F)F)cc2)CCC1(O)c1ccc2ncc(-c3ccc(OCc4ccccc4)nc3OCc3ccccc3)cc2c1. The van der Waals surface area contributed by atoms with Crippen molar-refractivity contribution in [2.75, 3.05) is 13.1 Å². The highest BCUT2D eigenvalue weighted by atomic mass is 19.4. The fraction of sp³-hybridized carbons (Fsp3) is 0.319. The van der Waals surface area contributed by atoms with Crippen LogP contribution in [0.2, 0.25) is 0 Å². The number of benzene rings is 4. The number of pyridine rings is 2. The molecular formula is C47H48F3N3O3. The van der Waals surface area contributed by atoms with Crippen molar-refractivity contribution in [3.05, 3.63) is 155 Å². The van der Waals surface area contributed by atoms with Crippen LogP contribution in [-0.4, -0.2) is 33.1 Å². The Morgan fingerprint density at radius 2 is 1.41 bits per heavy atom. The molecule has 9 heteroatoms. The van der Waals surface area contributed by atoms with Gasteiger partial charge in [-0.1, -0.05) is 106 Å². The molecule has 1 atom stereocenters. The maximum Gasteiger partial charge on any atom is 0.416 e. The molecule has 2 aromatic heterocycles. The Hall–Kier alpha value is -5.25. The van der Waals surface area contributed by atoms with Gasteiger partial charge in [0.25, 0.3) is 0 Å². The number of aliphatic hydroxyl groups is 1. The van der Waals surface area contributed by atoms with Crippen molar-refractivity contribution in [3.8, 4) is 22.9 Å². The van der Waals surface area contributed by atoms with Crippen molar-refractivity contribution < 1.29 is 27.8 Å². The molecule has 0 bridgehead atoms. The summed E-state index contributed by atoms with van der Waals surface area (Å²) in [6.07, 6.45) is 1.35. The van der Waals surface area contributed by atoms with E-state index in [0.717, 1.165) is 82.1 Å². The Morgan fingerprint density at radius 3 is 2.05 bits per heavy atom. The first-order chi connectivity index (χ1) is 27.1. The fourth-order valence-corrected chi connectivity index (χ4v) is 8.35. The minimum atomic E-state index is -4.37. The highest BCUT2D eigenvalue weighted by molar-refractivity contribution is 5.85. The van der Waals surface area contributed by atoms with Gasteiger partial charge in [0.15, 0.2) is 0 Å². The van der Waals surface area contributed by atoms with Crippen LogP contribution < -0.4 is 9.47 Å². The lowest BCUT2D eigenvalue weighted by molar-refractivity contribution is -0.153. The van der Waals surface area contributed by atoms with Crippen molar-refractivity contribution in [2.45, 2.75) is 77.5 Å². The summed E-state index contributed by atoms with van der Waals surface area (Å²) >= 11 is 0. The normalized spacial score (nSPS) is 17.2. The lowest BCUT2D eigenvalue weighted by atomic mass is 9.60. The second-order valence-corrected chi connectivity index (χ2v) is 15.0. The molecule has 0 spiro atoms. The van der Waals surface area contributed by atoms with Crippen molar-refractivity contribution >= 4 is 10.9 Å². The van der Waals surface area contributed by atoms with E-state index in [1.807, 2.05) is 91.1 Å². The summed E-state index contributed by atoms with van der Waals surface area (Å²) in [7, 11) is 0. The first-order valence-corrected chi connectivity index (χ1v) is 19.5. The molecule has 1 saturated heterocycles. The second-order valence-electron chi connectivity index (χ2n) is 15.0. The van der Waals surface area contributed by atoms with Crippen LogP contribution in [0.3, 0.4) is 0 Å². The molecule has 0 saturated carbocycles. The molecule has 6 nitrogen and oxygen atoms in total. The number of hydrogen-bond acceptors (Lipinski definition) is 6. The Kier molecular flexibility index (Phi) is 11.7. The Morgan fingerprint density at radius 1 is 0.750 bits per heavy atom. The molecule has 56 heavy (non-hydrogen) atoms. The maximum absolute atomic E-state index is 13.2. The van der Waals surface area contributed by atoms with Gasteiger partial charge in [0, 0.05) is 53.8 Å². The van der Waals surface area contributed by atoms with Crippen LogP contribution in [0, 0.1) is 5.41 Å². The van der Waals surface area contributed by atoms with E-state index >= 15 is 0 Å². The van der Waals surface area contributed by atoms with E-state index in [4.69, 9.17) is 19.4 Å². The number of aromatic nitrogens is 2. The van der Waals surface area contributed by atoms with Crippen LogP contribution in [0.4, 0.5) is 13.2 Å². The average Bonchev–Trinajstić information content (AvgIpc) is 3.21. The predicted molar refractivity (Wildman–Crippen MR) is 214 cm³/mol. The van der Waals surface area contributed by atoms with Gasteiger partial charge in [-0.05, 0) is 77.9 Å². The summed E-state index contributed by atoms with van der Waals surface area (Å²) in [4.78, 5) is 11.9. The second kappa shape index (κ2) is 16.9. The molecule has 1 aliphatic rings. The van der Waals surface area contributed by atoms with Gasteiger partial charge in [0.2, 0.25) is 11.8 Å². The molecule has 4 aromatic carbocycles. The standard InChI is InChI=1S/C47H48F3N3O3/c1-3-23-45(24-4-2)33-53(30-34-15-17-39(18-16-34)47(48,49)50)26-25-46(45,54)40-19-21-42-37(28-40)27-38(29-51-42)41-20-22-43(55-31-35-11-7-5-8-12-35)52-44(41)56-32-36-13-9-6-10-14-36/h5-22,27-29,54H,3-4,23-26,30-33H2,1-2H3. The lowest BCUT2D eigenvalue weighted by Crippen LogP contribution is -2.57. The first kappa shape index (κ1) is 39.0. The zero-order valence-electron chi connectivity index (χ0n) is 31.9. The van der Waals surface area contributed by atoms with Crippen LogP contribution in [0.25, 0.3) is 22.0 Å².